The maximum absolute atomic E-state index is 11.8. The number of aromatic nitrogens is 2. The summed E-state index contributed by atoms with van der Waals surface area (Å²) < 4.78 is 1.14. The van der Waals surface area contributed by atoms with Gasteiger partial charge in [-0.05, 0) is 39.0 Å². The van der Waals surface area contributed by atoms with Crippen molar-refractivity contribution in [1.82, 2.24) is 9.55 Å². The fourth-order valence-corrected chi connectivity index (χ4v) is 1.84. The number of H-pyrrole nitrogens is 1. The molecular formula is C13H15N3O3. The van der Waals surface area contributed by atoms with Gasteiger partial charge in [-0.2, -0.15) is 0 Å². The van der Waals surface area contributed by atoms with Crippen molar-refractivity contribution in [1.29, 1.82) is 0 Å². The van der Waals surface area contributed by atoms with Crippen LogP contribution in [0.25, 0.3) is 6.08 Å². The molecule has 1 aliphatic rings. The average Bonchev–Trinajstić information content (AvgIpc) is 2.74. The van der Waals surface area contributed by atoms with Crippen LogP contribution in [0.3, 0.4) is 0 Å². The Morgan fingerprint density at radius 3 is 2.58 bits per heavy atom. The van der Waals surface area contributed by atoms with Crippen molar-refractivity contribution in [2.24, 2.45) is 4.99 Å². The number of aliphatic imine (C=N–C) groups is 1. The highest BCUT2D eigenvalue weighted by Gasteiger charge is 2.22. The molecule has 0 saturated carbocycles. The molecule has 0 unspecified atom stereocenters. The minimum Gasteiger partial charge on any atom is -0.494 e. The molecule has 1 aliphatic heterocycles. The van der Waals surface area contributed by atoms with E-state index in [9.17, 15) is 14.7 Å². The standard InChI is InChI=1S/C13H15N3O3/c1-13(2,3)16-11(18)9(10(17)15-12(16)19)7-8-5-4-6-14-8/h4-7,18H,1-3H3,(H,15,17,19). The molecule has 6 nitrogen and oxygen atoms in total. The van der Waals surface area contributed by atoms with Gasteiger partial charge in [0.15, 0.2) is 0 Å². The van der Waals surface area contributed by atoms with Crippen molar-refractivity contribution in [3.8, 4) is 5.88 Å². The van der Waals surface area contributed by atoms with Gasteiger partial charge >= 0.3 is 5.69 Å². The van der Waals surface area contributed by atoms with E-state index < -0.39 is 16.8 Å². The molecule has 0 spiro atoms. The molecule has 0 atom stereocenters. The van der Waals surface area contributed by atoms with E-state index in [1.54, 1.807) is 39.1 Å². The summed E-state index contributed by atoms with van der Waals surface area (Å²) in [6.07, 6.45) is 6.44. The molecule has 0 aromatic carbocycles. The van der Waals surface area contributed by atoms with Crippen molar-refractivity contribution in [3.63, 3.8) is 0 Å². The molecule has 0 aliphatic carbocycles. The van der Waals surface area contributed by atoms with Crippen molar-refractivity contribution in [2.45, 2.75) is 26.3 Å². The molecule has 0 fully saturated rings. The lowest BCUT2D eigenvalue weighted by Gasteiger charge is -2.23. The summed E-state index contributed by atoms with van der Waals surface area (Å²) in [5, 5.41) is 10.2. The van der Waals surface area contributed by atoms with E-state index in [1.165, 1.54) is 6.08 Å². The molecule has 1 aromatic heterocycles. The molecule has 2 rings (SSSR count). The fraction of sp³-hybridized carbons (Fsp3) is 0.308. The van der Waals surface area contributed by atoms with Crippen LogP contribution in [0.4, 0.5) is 0 Å². The van der Waals surface area contributed by atoms with Crippen LogP contribution in [-0.4, -0.2) is 20.9 Å². The van der Waals surface area contributed by atoms with Crippen molar-refractivity contribution >= 4 is 12.3 Å². The van der Waals surface area contributed by atoms with Gasteiger partial charge < -0.3 is 5.11 Å². The Kier molecular flexibility index (Phi) is 3.01. The Balaban J connectivity index is 2.73. The van der Waals surface area contributed by atoms with E-state index in [0.717, 1.165) is 4.57 Å². The normalized spacial score (nSPS) is 16.5. The van der Waals surface area contributed by atoms with Crippen LogP contribution in [0.1, 0.15) is 26.3 Å². The minimum atomic E-state index is -0.645. The highest BCUT2D eigenvalue weighted by molar-refractivity contribution is 5.79. The van der Waals surface area contributed by atoms with E-state index in [2.05, 4.69) is 9.98 Å². The second-order valence-corrected chi connectivity index (χ2v) is 5.21. The van der Waals surface area contributed by atoms with E-state index in [4.69, 9.17) is 0 Å². The number of nitrogens with one attached hydrogen (secondary N) is 1. The third-order valence-corrected chi connectivity index (χ3v) is 2.66. The zero-order valence-corrected chi connectivity index (χ0v) is 11.0. The smallest absolute Gasteiger partial charge is 0.331 e. The van der Waals surface area contributed by atoms with Crippen LogP contribution in [0.5, 0.6) is 5.88 Å². The fourth-order valence-electron chi connectivity index (χ4n) is 1.84. The van der Waals surface area contributed by atoms with Gasteiger partial charge in [0.25, 0.3) is 5.56 Å². The monoisotopic (exact) mass is 261 g/mol. The third-order valence-electron chi connectivity index (χ3n) is 2.66. The molecule has 1 aromatic rings. The molecule has 19 heavy (non-hydrogen) atoms. The summed E-state index contributed by atoms with van der Waals surface area (Å²) in [5.41, 5.74) is -1.35. The zero-order chi connectivity index (χ0) is 14.2. The first-order valence-corrected chi connectivity index (χ1v) is 5.82. The highest BCUT2D eigenvalue weighted by Crippen LogP contribution is 2.22. The van der Waals surface area contributed by atoms with Gasteiger partial charge in [-0.1, -0.05) is 0 Å². The lowest BCUT2D eigenvalue weighted by molar-refractivity contribution is 0.305. The van der Waals surface area contributed by atoms with E-state index in [-0.39, 0.29) is 11.4 Å². The Hall–Kier alpha value is -2.37. The summed E-state index contributed by atoms with van der Waals surface area (Å²) in [6.45, 7) is 5.28. The van der Waals surface area contributed by atoms with Crippen LogP contribution in [-0.2, 0) is 5.54 Å². The van der Waals surface area contributed by atoms with Crippen LogP contribution in [0.15, 0.2) is 32.4 Å². The molecule has 2 N–H and O–H groups in total. The topological polar surface area (TPSA) is 87.4 Å². The predicted octanol–water partition coefficient (Wildman–Crippen LogP) is 0.979. The average molecular weight is 261 g/mol. The quantitative estimate of drug-likeness (QED) is 0.789. The molecule has 0 radical (unpaired) electrons. The Morgan fingerprint density at radius 1 is 1.37 bits per heavy atom. The number of allylic oxidation sites excluding steroid dienone is 2. The summed E-state index contributed by atoms with van der Waals surface area (Å²) in [5.74, 6) is -0.357. The summed E-state index contributed by atoms with van der Waals surface area (Å²) in [4.78, 5) is 29.8. The van der Waals surface area contributed by atoms with Crippen LogP contribution in [0, 0.1) is 0 Å². The van der Waals surface area contributed by atoms with Gasteiger partial charge in [-0.25, -0.2) is 4.79 Å². The van der Waals surface area contributed by atoms with Crippen LogP contribution >= 0.6 is 0 Å². The first-order chi connectivity index (χ1) is 8.80. The van der Waals surface area contributed by atoms with Gasteiger partial charge in [0.2, 0.25) is 5.88 Å². The summed E-state index contributed by atoms with van der Waals surface area (Å²) >= 11 is 0. The molecule has 100 valence electrons. The molecular weight excluding hydrogens is 246 g/mol. The second-order valence-electron chi connectivity index (χ2n) is 5.21. The number of rotatable bonds is 1. The number of aromatic amines is 1. The number of hydrogen-bond donors (Lipinski definition) is 2. The van der Waals surface area contributed by atoms with Gasteiger partial charge in [0, 0.05) is 11.8 Å². The van der Waals surface area contributed by atoms with Crippen molar-refractivity contribution < 1.29 is 5.11 Å². The second kappa shape index (κ2) is 4.38. The van der Waals surface area contributed by atoms with Gasteiger partial charge in [0.05, 0.1) is 5.70 Å². The lowest BCUT2D eigenvalue weighted by atomic mass is 10.1. The maximum atomic E-state index is 11.8. The summed E-state index contributed by atoms with van der Waals surface area (Å²) in [7, 11) is 0. The molecule has 0 bridgehead atoms. The summed E-state index contributed by atoms with van der Waals surface area (Å²) in [6, 6.07) is 0. The molecule has 0 saturated heterocycles. The Bertz CT molecular complexity index is 698. The molecule has 6 heteroatoms. The van der Waals surface area contributed by atoms with Crippen molar-refractivity contribution in [2.75, 3.05) is 0 Å². The van der Waals surface area contributed by atoms with Gasteiger partial charge in [0.1, 0.15) is 5.56 Å². The van der Waals surface area contributed by atoms with E-state index >= 15 is 0 Å². The van der Waals surface area contributed by atoms with Crippen LogP contribution < -0.4 is 11.2 Å². The highest BCUT2D eigenvalue weighted by atomic mass is 16.3. The minimum absolute atomic E-state index is 0.0215. The van der Waals surface area contributed by atoms with E-state index in [1.807, 2.05) is 0 Å². The molecule has 2 heterocycles. The Morgan fingerprint density at radius 2 is 2.05 bits per heavy atom. The van der Waals surface area contributed by atoms with Crippen LogP contribution in [0.2, 0.25) is 0 Å². The first-order valence-electron chi connectivity index (χ1n) is 5.82. The maximum Gasteiger partial charge on any atom is 0.331 e. The van der Waals surface area contributed by atoms with Gasteiger partial charge in [-0.3, -0.25) is 19.3 Å². The Labute approximate surface area is 109 Å². The largest absolute Gasteiger partial charge is 0.494 e. The van der Waals surface area contributed by atoms with E-state index in [0.29, 0.717) is 5.70 Å². The first kappa shape index (κ1) is 13.1. The number of nitrogens with zero attached hydrogens (tertiary/aromatic N) is 2. The van der Waals surface area contributed by atoms with Crippen molar-refractivity contribution in [3.05, 3.63) is 44.3 Å². The lowest BCUT2D eigenvalue weighted by Crippen LogP contribution is -2.39. The third kappa shape index (κ3) is 2.42. The SMILES string of the molecule is CC(C)(C)n1c(O)c(C=C2C=CC=N2)c(=O)[nH]c1=O. The number of hydrogen-bond acceptors (Lipinski definition) is 4. The number of aromatic hydroxyl groups is 1. The zero-order valence-electron chi connectivity index (χ0n) is 11.0. The van der Waals surface area contributed by atoms with Gasteiger partial charge in [-0.15, -0.1) is 0 Å². The predicted molar refractivity (Wildman–Crippen MR) is 73.6 cm³/mol. The molecule has 0 amide bonds.